The molecule has 0 N–H and O–H groups in total. The van der Waals surface area contributed by atoms with Gasteiger partial charge in [-0.25, -0.2) is 0 Å². The van der Waals surface area contributed by atoms with E-state index < -0.39 is 0 Å². The smallest absolute Gasteiger partial charge is 0.227 e. The standard InChI is InChI=1S/C19H20N4O2/c1-13-5-4-6-16(14(13)2)23(3)18(24)8-7-17-21-19(22-25-17)15-9-11-20-12-10-15/h4-6,9-12H,7-8H2,1-3H3. The third-order valence-electron chi connectivity index (χ3n) is 4.27. The fraction of sp³-hybridized carbons (Fsp3) is 0.263. The number of amides is 1. The number of benzene rings is 1. The molecular weight excluding hydrogens is 316 g/mol. The molecule has 3 rings (SSSR count). The van der Waals surface area contributed by atoms with Crippen molar-refractivity contribution in [2.75, 3.05) is 11.9 Å². The lowest BCUT2D eigenvalue weighted by molar-refractivity contribution is -0.118. The second-order valence-electron chi connectivity index (χ2n) is 5.92. The third-order valence-corrected chi connectivity index (χ3v) is 4.27. The van der Waals surface area contributed by atoms with Crippen LogP contribution in [0.4, 0.5) is 5.69 Å². The van der Waals surface area contributed by atoms with Crippen LogP contribution in [0.1, 0.15) is 23.4 Å². The minimum absolute atomic E-state index is 0.0114. The van der Waals surface area contributed by atoms with Crippen LogP contribution in [-0.2, 0) is 11.2 Å². The molecule has 0 radical (unpaired) electrons. The zero-order chi connectivity index (χ0) is 17.8. The van der Waals surface area contributed by atoms with Crippen molar-refractivity contribution in [3.63, 3.8) is 0 Å². The molecule has 0 saturated heterocycles. The second kappa shape index (κ2) is 7.25. The molecule has 25 heavy (non-hydrogen) atoms. The van der Waals surface area contributed by atoms with E-state index in [1.54, 1.807) is 24.3 Å². The summed E-state index contributed by atoms with van der Waals surface area (Å²) in [5, 5.41) is 3.95. The van der Waals surface area contributed by atoms with E-state index in [9.17, 15) is 4.79 Å². The molecule has 0 aliphatic heterocycles. The van der Waals surface area contributed by atoms with Crippen molar-refractivity contribution >= 4 is 11.6 Å². The highest BCUT2D eigenvalue weighted by Crippen LogP contribution is 2.22. The maximum Gasteiger partial charge on any atom is 0.227 e. The summed E-state index contributed by atoms with van der Waals surface area (Å²) in [6.07, 6.45) is 4.07. The van der Waals surface area contributed by atoms with E-state index in [2.05, 4.69) is 15.1 Å². The predicted octanol–water partition coefficient (Wildman–Crippen LogP) is 3.34. The first-order valence-electron chi connectivity index (χ1n) is 8.12. The number of nitrogens with zero attached hydrogens (tertiary/aromatic N) is 4. The van der Waals surface area contributed by atoms with Crippen LogP contribution in [-0.4, -0.2) is 28.1 Å². The summed E-state index contributed by atoms with van der Waals surface area (Å²) in [7, 11) is 1.79. The third kappa shape index (κ3) is 3.74. The molecule has 1 aromatic carbocycles. The van der Waals surface area contributed by atoms with Crippen LogP contribution in [0.5, 0.6) is 0 Å². The van der Waals surface area contributed by atoms with Gasteiger partial charge in [0.1, 0.15) is 0 Å². The molecule has 0 aliphatic carbocycles. The summed E-state index contributed by atoms with van der Waals surface area (Å²) < 4.78 is 5.25. The van der Waals surface area contributed by atoms with Gasteiger partial charge in [-0.05, 0) is 43.2 Å². The lowest BCUT2D eigenvalue weighted by Gasteiger charge is -2.20. The van der Waals surface area contributed by atoms with E-state index in [4.69, 9.17) is 4.52 Å². The quantitative estimate of drug-likeness (QED) is 0.714. The van der Waals surface area contributed by atoms with Crippen LogP contribution >= 0.6 is 0 Å². The molecule has 0 spiro atoms. The number of hydrogen-bond acceptors (Lipinski definition) is 5. The number of carbonyl (C=O) groups excluding carboxylic acids is 1. The number of anilines is 1. The first kappa shape index (κ1) is 16.8. The molecule has 3 aromatic rings. The van der Waals surface area contributed by atoms with Gasteiger partial charge in [0.05, 0.1) is 0 Å². The first-order chi connectivity index (χ1) is 12.1. The van der Waals surface area contributed by atoms with Gasteiger partial charge in [-0.3, -0.25) is 9.78 Å². The van der Waals surface area contributed by atoms with Gasteiger partial charge in [-0.15, -0.1) is 0 Å². The monoisotopic (exact) mass is 336 g/mol. The van der Waals surface area contributed by atoms with Crippen molar-refractivity contribution in [1.82, 2.24) is 15.1 Å². The molecule has 0 aliphatic rings. The van der Waals surface area contributed by atoms with E-state index in [-0.39, 0.29) is 5.91 Å². The van der Waals surface area contributed by atoms with Gasteiger partial charge in [0.25, 0.3) is 0 Å². The molecule has 6 nitrogen and oxygen atoms in total. The van der Waals surface area contributed by atoms with Crippen LogP contribution in [0.25, 0.3) is 11.4 Å². The Hall–Kier alpha value is -3.02. The Kier molecular flexibility index (Phi) is 4.88. The molecule has 2 heterocycles. The summed E-state index contributed by atoms with van der Waals surface area (Å²) in [5.41, 5.74) is 4.03. The van der Waals surface area contributed by atoms with Crippen molar-refractivity contribution in [1.29, 1.82) is 0 Å². The lowest BCUT2D eigenvalue weighted by Crippen LogP contribution is -2.27. The molecule has 2 aromatic heterocycles. The van der Waals surface area contributed by atoms with Crippen LogP contribution in [0.15, 0.2) is 47.2 Å². The Labute approximate surface area is 146 Å². The fourth-order valence-electron chi connectivity index (χ4n) is 2.59. The normalized spacial score (nSPS) is 10.7. The average molecular weight is 336 g/mol. The van der Waals surface area contributed by atoms with Crippen molar-refractivity contribution in [3.05, 3.63) is 59.7 Å². The van der Waals surface area contributed by atoms with Crippen molar-refractivity contribution in [2.45, 2.75) is 26.7 Å². The van der Waals surface area contributed by atoms with Gasteiger partial charge in [-0.2, -0.15) is 4.98 Å². The minimum atomic E-state index is 0.0114. The molecule has 1 amide bonds. The van der Waals surface area contributed by atoms with Crippen LogP contribution in [0, 0.1) is 13.8 Å². The topological polar surface area (TPSA) is 72.1 Å². The number of hydrogen-bond donors (Lipinski definition) is 0. The molecule has 0 unspecified atom stereocenters. The summed E-state index contributed by atoms with van der Waals surface area (Å²) in [4.78, 5) is 22.5. The maximum absolute atomic E-state index is 12.5. The highest BCUT2D eigenvalue weighted by Gasteiger charge is 2.16. The van der Waals surface area contributed by atoms with Crippen LogP contribution in [0.2, 0.25) is 0 Å². The number of aryl methyl sites for hydroxylation is 2. The number of pyridine rings is 1. The molecule has 6 heteroatoms. The molecule has 128 valence electrons. The predicted molar refractivity (Wildman–Crippen MR) is 95.2 cm³/mol. The first-order valence-corrected chi connectivity index (χ1v) is 8.12. The SMILES string of the molecule is Cc1cccc(N(C)C(=O)CCc2nc(-c3ccncc3)no2)c1C. The Morgan fingerprint density at radius 1 is 1.16 bits per heavy atom. The van der Waals surface area contributed by atoms with Gasteiger partial charge in [0.15, 0.2) is 0 Å². The van der Waals surface area contributed by atoms with Crippen LogP contribution < -0.4 is 4.90 Å². The Morgan fingerprint density at radius 2 is 1.92 bits per heavy atom. The second-order valence-corrected chi connectivity index (χ2v) is 5.92. The van der Waals surface area contributed by atoms with E-state index in [1.807, 2.05) is 44.2 Å². The van der Waals surface area contributed by atoms with E-state index in [0.717, 1.165) is 22.4 Å². The largest absolute Gasteiger partial charge is 0.339 e. The van der Waals surface area contributed by atoms with Gasteiger partial charge in [0.2, 0.25) is 17.6 Å². The number of aromatic nitrogens is 3. The number of rotatable bonds is 5. The van der Waals surface area contributed by atoms with E-state index >= 15 is 0 Å². The fourth-order valence-corrected chi connectivity index (χ4v) is 2.59. The van der Waals surface area contributed by atoms with Gasteiger partial charge >= 0.3 is 0 Å². The van der Waals surface area contributed by atoms with E-state index in [0.29, 0.717) is 24.6 Å². The summed E-state index contributed by atoms with van der Waals surface area (Å²) in [6.45, 7) is 4.06. The highest BCUT2D eigenvalue weighted by atomic mass is 16.5. The van der Waals surface area contributed by atoms with Gasteiger partial charge < -0.3 is 9.42 Å². The Morgan fingerprint density at radius 3 is 2.68 bits per heavy atom. The molecular formula is C19H20N4O2. The zero-order valence-electron chi connectivity index (χ0n) is 14.6. The Bertz CT molecular complexity index is 874. The number of carbonyl (C=O) groups is 1. The van der Waals surface area contributed by atoms with Crippen LogP contribution in [0.3, 0.4) is 0 Å². The van der Waals surface area contributed by atoms with Crippen molar-refractivity contribution < 1.29 is 9.32 Å². The summed E-state index contributed by atoms with van der Waals surface area (Å²) in [6, 6.07) is 9.58. The zero-order valence-corrected chi connectivity index (χ0v) is 14.6. The van der Waals surface area contributed by atoms with Crippen molar-refractivity contribution in [2.24, 2.45) is 0 Å². The minimum Gasteiger partial charge on any atom is -0.339 e. The maximum atomic E-state index is 12.5. The molecule has 0 saturated carbocycles. The summed E-state index contributed by atoms with van der Waals surface area (Å²) in [5.74, 6) is 0.972. The molecule has 0 fully saturated rings. The van der Waals surface area contributed by atoms with Gasteiger partial charge in [-0.1, -0.05) is 17.3 Å². The summed E-state index contributed by atoms with van der Waals surface area (Å²) >= 11 is 0. The lowest BCUT2D eigenvalue weighted by atomic mass is 10.1. The van der Waals surface area contributed by atoms with Crippen molar-refractivity contribution in [3.8, 4) is 11.4 Å². The van der Waals surface area contributed by atoms with E-state index in [1.165, 1.54) is 0 Å². The molecule has 0 atom stereocenters. The average Bonchev–Trinajstić information content (AvgIpc) is 3.11. The highest BCUT2D eigenvalue weighted by molar-refractivity contribution is 5.93. The Balaban J connectivity index is 1.64. The van der Waals surface area contributed by atoms with Gasteiger partial charge in [0, 0.05) is 43.5 Å². The molecule has 0 bridgehead atoms.